The lowest BCUT2D eigenvalue weighted by atomic mass is 10.1. The molecular weight excluding hydrogens is 296 g/mol. The number of para-hydroxylation sites is 2. The highest BCUT2D eigenvalue weighted by Crippen LogP contribution is 2.35. The topological polar surface area (TPSA) is 79.2 Å². The summed E-state index contributed by atoms with van der Waals surface area (Å²) in [5.74, 6) is 1.48. The lowest BCUT2D eigenvalue weighted by Gasteiger charge is -2.17. The summed E-state index contributed by atoms with van der Waals surface area (Å²) < 4.78 is 10.1. The Morgan fingerprint density at radius 3 is 2.30 bits per heavy atom. The number of hydrogen-bond donors (Lipinski definition) is 3. The summed E-state index contributed by atoms with van der Waals surface area (Å²) in [6.45, 7) is 4.66. The number of fused-ring (bicyclic) bond motifs is 1. The van der Waals surface area contributed by atoms with E-state index < -0.39 is 0 Å². The van der Waals surface area contributed by atoms with Crippen molar-refractivity contribution in [3.8, 4) is 28.7 Å². The van der Waals surface area contributed by atoms with Crippen LogP contribution in [0, 0.1) is 0 Å². The summed E-state index contributed by atoms with van der Waals surface area (Å²) in [5, 5.41) is 27.5. The molecule has 0 aromatic heterocycles. The van der Waals surface area contributed by atoms with Gasteiger partial charge in [0.2, 0.25) is 0 Å². The highest BCUT2D eigenvalue weighted by Gasteiger charge is 2.15. The first-order valence-corrected chi connectivity index (χ1v) is 7.61. The largest absolute Gasteiger partial charge is 0.508 e. The maximum absolute atomic E-state index is 9.40. The fourth-order valence-electron chi connectivity index (χ4n) is 2.06. The van der Waals surface area contributed by atoms with Crippen LogP contribution in [0.25, 0.3) is 0 Å². The van der Waals surface area contributed by atoms with Gasteiger partial charge in [-0.15, -0.1) is 0 Å². The Kier molecular flexibility index (Phi) is 7.60. The zero-order valence-electron chi connectivity index (χ0n) is 13.7. The first-order chi connectivity index (χ1) is 11.1. The third-order valence-corrected chi connectivity index (χ3v) is 3.08. The molecule has 0 saturated carbocycles. The molecular formula is C18H24O5. The number of ether oxygens (including phenoxy) is 2. The standard InChI is InChI=1S/C9H10O3.C7H8O2.C2H6/c10-6-4-8(11)7-2-1-3-12-9(7)5-6;1-9-7-5-3-2-4-6(7)8;1-2/h4-5,10-11H,1-3H2;2-5,8H,1H3;1-2H3. The summed E-state index contributed by atoms with van der Waals surface area (Å²) in [5.41, 5.74) is 0.805. The molecule has 5 nitrogen and oxygen atoms in total. The molecule has 5 heteroatoms. The van der Waals surface area contributed by atoms with Gasteiger partial charge in [0.15, 0.2) is 11.5 Å². The Bertz CT molecular complexity index is 610. The highest BCUT2D eigenvalue weighted by molar-refractivity contribution is 5.50. The molecule has 0 radical (unpaired) electrons. The normalized spacial score (nSPS) is 11.6. The first-order valence-electron chi connectivity index (χ1n) is 7.61. The zero-order chi connectivity index (χ0) is 17.2. The van der Waals surface area contributed by atoms with E-state index in [1.165, 1.54) is 19.2 Å². The minimum absolute atomic E-state index is 0.0492. The first kappa shape index (κ1) is 18.5. The van der Waals surface area contributed by atoms with Crippen LogP contribution in [-0.2, 0) is 6.42 Å². The van der Waals surface area contributed by atoms with Crippen molar-refractivity contribution in [2.45, 2.75) is 26.7 Å². The van der Waals surface area contributed by atoms with Crippen LogP contribution in [0.4, 0.5) is 0 Å². The molecule has 0 atom stereocenters. The molecule has 0 aliphatic carbocycles. The van der Waals surface area contributed by atoms with Crippen molar-refractivity contribution in [1.82, 2.24) is 0 Å². The van der Waals surface area contributed by atoms with Crippen LogP contribution in [0.15, 0.2) is 36.4 Å². The van der Waals surface area contributed by atoms with Crippen LogP contribution in [0.1, 0.15) is 25.8 Å². The smallest absolute Gasteiger partial charge is 0.160 e. The number of phenolic OH excluding ortho intramolecular Hbond substituents is 3. The van der Waals surface area contributed by atoms with Crippen molar-refractivity contribution >= 4 is 0 Å². The van der Waals surface area contributed by atoms with E-state index in [4.69, 9.17) is 19.7 Å². The number of methoxy groups -OCH3 is 1. The summed E-state index contributed by atoms with van der Waals surface area (Å²) in [6.07, 6.45) is 1.74. The molecule has 0 spiro atoms. The Balaban J connectivity index is 0.000000215. The third-order valence-electron chi connectivity index (χ3n) is 3.08. The molecule has 2 aromatic rings. The van der Waals surface area contributed by atoms with Crippen molar-refractivity contribution in [1.29, 1.82) is 0 Å². The number of hydrogen-bond acceptors (Lipinski definition) is 5. The molecule has 0 fully saturated rings. The molecule has 1 heterocycles. The van der Waals surface area contributed by atoms with E-state index in [0.29, 0.717) is 18.1 Å². The molecule has 1 aliphatic rings. The Morgan fingerprint density at radius 1 is 1.00 bits per heavy atom. The number of rotatable bonds is 1. The zero-order valence-corrected chi connectivity index (χ0v) is 13.7. The van der Waals surface area contributed by atoms with Gasteiger partial charge in [-0.25, -0.2) is 0 Å². The molecule has 126 valence electrons. The lowest BCUT2D eigenvalue weighted by molar-refractivity contribution is 0.281. The number of benzene rings is 2. The third kappa shape index (κ3) is 5.29. The van der Waals surface area contributed by atoms with Crippen molar-refractivity contribution in [3.63, 3.8) is 0 Å². The van der Waals surface area contributed by atoms with Gasteiger partial charge in [-0.1, -0.05) is 26.0 Å². The quantitative estimate of drug-likeness (QED) is 0.744. The van der Waals surface area contributed by atoms with Gasteiger partial charge in [0.05, 0.1) is 13.7 Å². The van der Waals surface area contributed by atoms with E-state index in [1.54, 1.807) is 24.3 Å². The SMILES string of the molecule is CC.COc1ccccc1O.Oc1cc(O)c2c(c1)OCCC2. The van der Waals surface area contributed by atoms with Gasteiger partial charge in [-0.05, 0) is 25.0 Å². The predicted octanol–water partition coefficient (Wildman–Crippen LogP) is 3.85. The molecule has 2 aromatic carbocycles. The Hall–Kier alpha value is -2.56. The van der Waals surface area contributed by atoms with Crippen LogP contribution in [-0.4, -0.2) is 29.0 Å². The maximum atomic E-state index is 9.40. The van der Waals surface area contributed by atoms with Gasteiger partial charge in [0.25, 0.3) is 0 Å². The second-order valence-corrected chi connectivity index (χ2v) is 4.57. The fraction of sp³-hybridized carbons (Fsp3) is 0.333. The summed E-state index contributed by atoms with van der Waals surface area (Å²) >= 11 is 0. The van der Waals surface area contributed by atoms with Crippen LogP contribution >= 0.6 is 0 Å². The van der Waals surface area contributed by atoms with Gasteiger partial charge >= 0.3 is 0 Å². The average Bonchev–Trinajstić information content (AvgIpc) is 2.57. The molecule has 3 rings (SSSR count). The van der Waals surface area contributed by atoms with Crippen LogP contribution < -0.4 is 9.47 Å². The number of phenols is 3. The molecule has 1 aliphatic heterocycles. The van der Waals surface area contributed by atoms with Crippen molar-refractivity contribution < 1.29 is 24.8 Å². The summed E-state index contributed by atoms with van der Waals surface area (Å²) in [6, 6.07) is 9.71. The van der Waals surface area contributed by atoms with Gasteiger partial charge in [-0.2, -0.15) is 0 Å². The molecule has 0 bridgehead atoms. The van der Waals surface area contributed by atoms with Crippen molar-refractivity contribution in [2.24, 2.45) is 0 Å². The summed E-state index contributed by atoms with van der Waals surface area (Å²) in [7, 11) is 1.52. The fourth-order valence-corrected chi connectivity index (χ4v) is 2.06. The summed E-state index contributed by atoms with van der Waals surface area (Å²) in [4.78, 5) is 0. The molecule has 0 amide bonds. The Morgan fingerprint density at radius 2 is 1.70 bits per heavy atom. The van der Waals surface area contributed by atoms with Gasteiger partial charge in [0.1, 0.15) is 17.2 Å². The molecule has 23 heavy (non-hydrogen) atoms. The minimum Gasteiger partial charge on any atom is -0.508 e. The second-order valence-electron chi connectivity index (χ2n) is 4.57. The van der Waals surface area contributed by atoms with Crippen molar-refractivity contribution in [2.75, 3.05) is 13.7 Å². The van der Waals surface area contributed by atoms with E-state index in [0.717, 1.165) is 18.4 Å². The van der Waals surface area contributed by atoms with Crippen LogP contribution in [0.5, 0.6) is 28.7 Å². The Labute approximate surface area is 136 Å². The van der Waals surface area contributed by atoms with E-state index in [-0.39, 0.29) is 17.2 Å². The molecule has 3 N–H and O–H groups in total. The monoisotopic (exact) mass is 320 g/mol. The van der Waals surface area contributed by atoms with E-state index in [9.17, 15) is 5.11 Å². The maximum Gasteiger partial charge on any atom is 0.160 e. The number of aromatic hydroxyl groups is 3. The lowest BCUT2D eigenvalue weighted by Crippen LogP contribution is -2.07. The van der Waals surface area contributed by atoms with E-state index in [2.05, 4.69) is 0 Å². The minimum atomic E-state index is 0.0492. The molecule has 0 unspecified atom stereocenters. The molecule has 0 saturated heterocycles. The van der Waals surface area contributed by atoms with Crippen LogP contribution in [0.3, 0.4) is 0 Å². The van der Waals surface area contributed by atoms with E-state index >= 15 is 0 Å². The van der Waals surface area contributed by atoms with Gasteiger partial charge in [-0.3, -0.25) is 0 Å². The average molecular weight is 320 g/mol. The van der Waals surface area contributed by atoms with Gasteiger partial charge in [0, 0.05) is 17.7 Å². The van der Waals surface area contributed by atoms with E-state index in [1.807, 2.05) is 13.8 Å². The highest BCUT2D eigenvalue weighted by atomic mass is 16.5. The second kappa shape index (κ2) is 9.46. The van der Waals surface area contributed by atoms with Gasteiger partial charge < -0.3 is 24.8 Å². The predicted molar refractivity (Wildman–Crippen MR) is 89.6 cm³/mol. The van der Waals surface area contributed by atoms with Crippen LogP contribution in [0.2, 0.25) is 0 Å². The van der Waals surface area contributed by atoms with Crippen molar-refractivity contribution in [3.05, 3.63) is 42.0 Å².